The molecular formula is C16H17NO2. The first kappa shape index (κ1) is 11.9. The monoisotopic (exact) mass is 255 g/mol. The molecule has 0 spiro atoms. The van der Waals surface area contributed by atoms with Gasteiger partial charge in [0.05, 0.1) is 0 Å². The molecule has 0 amide bonds. The summed E-state index contributed by atoms with van der Waals surface area (Å²) in [6.45, 7) is 6.01. The maximum absolute atomic E-state index is 10.2. The van der Waals surface area contributed by atoms with Gasteiger partial charge in [0.15, 0.2) is 0 Å². The standard InChI is InChI=1S/C16H17NO2/c1-8-4-10-11(7-13(8)18)16(2,3)12-5-9(17)6-14(19)15(10)12/h4-7,18-19H,17H2,1-3H3. The molecule has 3 heteroatoms. The lowest BCUT2D eigenvalue weighted by Gasteiger charge is -2.22. The molecule has 2 aromatic carbocycles. The Morgan fingerprint density at radius 3 is 2.32 bits per heavy atom. The van der Waals surface area contributed by atoms with E-state index in [1.807, 2.05) is 19.1 Å². The van der Waals surface area contributed by atoms with Gasteiger partial charge in [0, 0.05) is 22.7 Å². The highest BCUT2D eigenvalue weighted by Gasteiger charge is 2.38. The van der Waals surface area contributed by atoms with Crippen molar-refractivity contribution in [2.24, 2.45) is 0 Å². The summed E-state index contributed by atoms with van der Waals surface area (Å²) in [5, 5.41) is 20.1. The molecule has 0 radical (unpaired) electrons. The fraction of sp³-hybridized carbons (Fsp3) is 0.250. The molecule has 0 unspecified atom stereocenters. The van der Waals surface area contributed by atoms with Gasteiger partial charge in [-0.25, -0.2) is 0 Å². The van der Waals surface area contributed by atoms with Crippen LogP contribution in [0.5, 0.6) is 11.5 Å². The smallest absolute Gasteiger partial charge is 0.125 e. The van der Waals surface area contributed by atoms with E-state index < -0.39 is 0 Å². The molecule has 2 aromatic rings. The lowest BCUT2D eigenvalue weighted by molar-refractivity contribution is 0.469. The second-order valence-electron chi connectivity index (χ2n) is 5.77. The third kappa shape index (κ3) is 1.44. The van der Waals surface area contributed by atoms with Gasteiger partial charge in [0.25, 0.3) is 0 Å². The second-order valence-corrected chi connectivity index (χ2v) is 5.77. The van der Waals surface area contributed by atoms with E-state index in [2.05, 4.69) is 13.8 Å². The van der Waals surface area contributed by atoms with Crippen LogP contribution in [0.25, 0.3) is 11.1 Å². The van der Waals surface area contributed by atoms with Crippen LogP contribution in [-0.4, -0.2) is 10.2 Å². The SMILES string of the molecule is Cc1cc2c(cc1O)C(C)(C)c1cc(N)cc(O)c1-2. The van der Waals surface area contributed by atoms with Crippen molar-refractivity contribution in [3.63, 3.8) is 0 Å². The predicted molar refractivity (Wildman–Crippen MR) is 76.5 cm³/mol. The van der Waals surface area contributed by atoms with E-state index in [1.54, 1.807) is 12.1 Å². The Labute approximate surface area is 112 Å². The lowest BCUT2D eigenvalue weighted by atomic mass is 9.82. The maximum atomic E-state index is 10.2. The Kier molecular flexibility index (Phi) is 2.16. The number of hydrogen-bond acceptors (Lipinski definition) is 3. The Balaban J connectivity index is 2.44. The van der Waals surface area contributed by atoms with Gasteiger partial charge in [-0.05, 0) is 47.4 Å². The first-order valence-electron chi connectivity index (χ1n) is 6.30. The van der Waals surface area contributed by atoms with Crippen molar-refractivity contribution in [3.05, 3.63) is 41.0 Å². The molecule has 19 heavy (non-hydrogen) atoms. The van der Waals surface area contributed by atoms with Gasteiger partial charge in [0.2, 0.25) is 0 Å². The van der Waals surface area contributed by atoms with Crippen molar-refractivity contribution in [2.45, 2.75) is 26.2 Å². The third-order valence-corrected chi connectivity index (χ3v) is 4.09. The fourth-order valence-corrected chi connectivity index (χ4v) is 2.99. The molecule has 3 rings (SSSR count). The van der Waals surface area contributed by atoms with Crippen molar-refractivity contribution in [3.8, 4) is 22.6 Å². The number of phenols is 2. The normalized spacial score (nSPS) is 15.1. The number of nitrogen functional groups attached to an aromatic ring is 1. The van der Waals surface area contributed by atoms with Gasteiger partial charge >= 0.3 is 0 Å². The van der Waals surface area contributed by atoms with Crippen LogP contribution in [0.15, 0.2) is 24.3 Å². The molecule has 0 fully saturated rings. The minimum Gasteiger partial charge on any atom is -0.508 e. The number of rotatable bonds is 0. The highest BCUT2D eigenvalue weighted by atomic mass is 16.3. The van der Waals surface area contributed by atoms with Crippen LogP contribution in [0.3, 0.4) is 0 Å². The number of benzene rings is 2. The van der Waals surface area contributed by atoms with E-state index in [-0.39, 0.29) is 16.9 Å². The first-order valence-corrected chi connectivity index (χ1v) is 6.30. The van der Waals surface area contributed by atoms with Gasteiger partial charge < -0.3 is 15.9 Å². The van der Waals surface area contributed by atoms with E-state index in [0.717, 1.165) is 27.8 Å². The topological polar surface area (TPSA) is 66.5 Å². The Morgan fingerprint density at radius 1 is 0.947 bits per heavy atom. The van der Waals surface area contributed by atoms with Crippen molar-refractivity contribution in [2.75, 3.05) is 5.73 Å². The van der Waals surface area contributed by atoms with Crippen LogP contribution in [0.4, 0.5) is 5.69 Å². The molecule has 4 N–H and O–H groups in total. The van der Waals surface area contributed by atoms with E-state index >= 15 is 0 Å². The van der Waals surface area contributed by atoms with Gasteiger partial charge in [-0.15, -0.1) is 0 Å². The molecule has 0 heterocycles. The number of nitrogens with two attached hydrogens (primary N) is 1. The summed E-state index contributed by atoms with van der Waals surface area (Å²) in [6, 6.07) is 7.20. The van der Waals surface area contributed by atoms with Crippen LogP contribution in [-0.2, 0) is 5.41 Å². The molecule has 0 bridgehead atoms. The Morgan fingerprint density at radius 2 is 1.63 bits per heavy atom. The molecule has 0 atom stereocenters. The summed E-state index contributed by atoms with van der Waals surface area (Å²) < 4.78 is 0. The van der Waals surface area contributed by atoms with Crippen LogP contribution < -0.4 is 5.73 Å². The summed E-state index contributed by atoms with van der Waals surface area (Å²) in [6.07, 6.45) is 0. The van der Waals surface area contributed by atoms with Gasteiger partial charge in [0.1, 0.15) is 11.5 Å². The van der Waals surface area contributed by atoms with Crippen LogP contribution >= 0.6 is 0 Å². The van der Waals surface area contributed by atoms with Crippen molar-refractivity contribution >= 4 is 5.69 Å². The van der Waals surface area contributed by atoms with Crippen LogP contribution in [0.1, 0.15) is 30.5 Å². The average molecular weight is 255 g/mol. The van der Waals surface area contributed by atoms with Crippen LogP contribution in [0, 0.1) is 6.92 Å². The van der Waals surface area contributed by atoms with Gasteiger partial charge in [-0.1, -0.05) is 13.8 Å². The number of fused-ring (bicyclic) bond motifs is 3. The number of hydrogen-bond donors (Lipinski definition) is 3. The van der Waals surface area contributed by atoms with Crippen molar-refractivity contribution in [1.29, 1.82) is 0 Å². The Bertz CT molecular complexity index is 702. The quantitative estimate of drug-likeness (QED) is 0.633. The minimum atomic E-state index is -0.275. The number of phenolic OH excluding ortho intramolecular Hbond substituents is 2. The summed E-state index contributed by atoms with van der Waals surface area (Å²) in [4.78, 5) is 0. The molecule has 1 aliphatic rings. The van der Waals surface area contributed by atoms with E-state index in [1.165, 1.54) is 0 Å². The zero-order chi connectivity index (χ0) is 13.9. The highest BCUT2D eigenvalue weighted by molar-refractivity contribution is 5.87. The maximum Gasteiger partial charge on any atom is 0.125 e. The van der Waals surface area contributed by atoms with E-state index in [9.17, 15) is 10.2 Å². The lowest BCUT2D eigenvalue weighted by Crippen LogP contribution is -2.15. The zero-order valence-corrected chi connectivity index (χ0v) is 11.3. The van der Waals surface area contributed by atoms with Crippen molar-refractivity contribution in [1.82, 2.24) is 0 Å². The van der Waals surface area contributed by atoms with E-state index in [4.69, 9.17) is 5.73 Å². The fourth-order valence-electron chi connectivity index (χ4n) is 2.99. The molecule has 0 saturated carbocycles. The molecular weight excluding hydrogens is 238 g/mol. The van der Waals surface area contributed by atoms with Crippen LogP contribution in [0.2, 0.25) is 0 Å². The molecule has 0 saturated heterocycles. The van der Waals surface area contributed by atoms with Gasteiger partial charge in [-0.2, -0.15) is 0 Å². The summed E-state index contributed by atoms with van der Waals surface area (Å²) in [7, 11) is 0. The summed E-state index contributed by atoms with van der Waals surface area (Å²) >= 11 is 0. The molecule has 98 valence electrons. The highest BCUT2D eigenvalue weighted by Crippen LogP contribution is 2.53. The zero-order valence-electron chi connectivity index (χ0n) is 11.3. The second kappa shape index (κ2) is 3.44. The molecule has 0 aromatic heterocycles. The molecule has 1 aliphatic carbocycles. The first-order chi connectivity index (χ1) is 8.82. The largest absolute Gasteiger partial charge is 0.508 e. The Hall–Kier alpha value is -2.16. The summed E-state index contributed by atoms with van der Waals surface area (Å²) in [5.41, 5.74) is 10.8. The summed E-state index contributed by atoms with van der Waals surface area (Å²) in [5.74, 6) is 0.485. The van der Waals surface area contributed by atoms with Crippen molar-refractivity contribution < 1.29 is 10.2 Å². The average Bonchev–Trinajstić information content (AvgIpc) is 2.50. The number of aromatic hydroxyl groups is 2. The number of aryl methyl sites for hydroxylation is 1. The predicted octanol–water partition coefficient (Wildman–Crippen LogP) is 3.29. The minimum absolute atomic E-state index is 0.201. The van der Waals surface area contributed by atoms with Gasteiger partial charge in [-0.3, -0.25) is 0 Å². The number of anilines is 1. The third-order valence-electron chi connectivity index (χ3n) is 4.09. The van der Waals surface area contributed by atoms with E-state index in [0.29, 0.717) is 5.69 Å². The molecule has 0 aliphatic heterocycles. The molecule has 3 nitrogen and oxygen atoms in total.